The Labute approximate surface area is 350 Å². The minimum absolute atomic E-state index is 0.122. The van der Waals surface area contributed by atoms with Crippen molar-refractivity contribution in [3.05, 3.63) is 246 Å². The second kappa shape index (κ2) is 13.0. The summed E-state index contributed by atoms with van der Waals surface area (Å²) >= 11 is 0. The average molecular weight is 768 g/mol. The fraction of sp³-hybridized carbons (Fsp3) is 0.0690. The Morgan fingerprint density at radius 3 is 1.68 bits per heavy atom. The van der Waals surface area contributed by atoms with Crippen molar-refractivity contribution in [2.75, 3.05) is 4.90 Å². The molecule has 284 valence electrons. The molecule has 60 heavy (non-hydrogen) atoms. The molecule has 0 aliphatic heterocycles. The van der Waals surface area contributed by atoms with Crippen molar-refractivity contribution in [2.45, 2.75) is 24.7 Å². The van der Waals surface area contributed by atoms with Gasteiger partial charge in [0.1, 0.15) is 11.2 Å². The fourth-order valence-electron chi connectivity index (χ4n) is 10.6. The van der Waals surface area contributed by atoms with Crippen LogP contribution in [0.2, 0.25) is 0 Å². The lowest BCUT2D eigenvalue weighted by Gasteiger charge is -2.33. The average Bonchev–Trinajstić information content (AvgIpc) is 3.91. The Morgan fingerprint density at radius 2 is 0.967 bits per heavy atom. The molecule has 0 radical (unpaired) electrons. The lowest BCUT2D eigenvalue weighted by Crippen LogP contribution is -2.28. The molecule has 12 rings (SSSR count). The molecule has 0 saturated heterocycles. The van der Waals surface area contributed by atoms with Crippen LogP contribution in [0.4, 0.5) is 17.1 Å². The minimum Gasteiger partial charge on any atom is -0.456 e. The molecule has 2 aliphatic rings. The van der Waals surface area contributed by atoms with Gasteiger partial charge in [-0.15, -0.1) is 0 Å². The fourth-order valence-corrected chi connectivity index (χ4v) is 10.6. The quantitative estimate of drug-likeness (QED) is 0.168. The molecule has 1 heterocycles. The van der Waals surface area contributed by atoms with Gasteiger partial charge in [-0.25, -0.2) is 0 Å². The van der Waals surface area contributed by atoms with Crippen LogP contribution in [0.15, 0.2) is 217 Å². The molecule has 0 amide bonds. The summed E-state index contributed by atoms with van der Waals surface area (Å²) in [5.41, 5.74) is 19.8. The molecule has 2 nitrogen and oxygen atoms in total. The minimum atomic E-state index is -0.480. The van der Waals surface area contributed by atoms with Crippen molar-refractivity contribution in [1.29, 1.82) is 0 Å². The van der Waals surface area contributed by atoms with Gasteiger partial charge in [0.15, 0.2) is 0 Å². The Hall–Kier alpha value is -7.42. The molecule has 0 saturated carbocycles. The summed E-state index contributed by atoms with van der Waals surface area (Å²) in [5, 5.41) is 2.21. The first-order chi connectivity index (χ1) is 29.5. The van der Waals surface area contributed by atoms with Crippen LogP contribution in [0.3, 0.4) is 0 Å². The van der Waals surface area contributed by atoms with Gasteiger partial charge in [0.05, 0.1) is 11.1 Å². The zero-order valence-electron chi connectivity index (χ0n) is 33.6. The Balaban J connectivity index is 1.05. The monoisotopic (exact) mass is 767 g/mol. The van der Waals surface area contributed by atoms with Crippen LogP contribution in [0.25, 0.3) is 55.3 Å². The first-order valence-electron chi connectivity index (χ1n) is 20.9. The summed E-state index contributed by atoms with van der Waals surface area (Å²) in [5.74, 6) is 0. The summed E-state index contributed by atoms with van der Waals surface area (Å²) in [6, 6.07) is 77.7. The summed E-state index contributed by atoms with van der Waals surface area (Å²) in [6.07, 6.45) is 0. The summed E-state index contributed by atoms with van der Waals surface area (Å²) in [7, 11) is 0. The van der Waals surface area contributed by atoms with E-state index in [1.54, 1.807) is 0 Å². The van der Waals surface area contributed by atoms with E-state index >= 15 is 0 Å². The third-order valence-corrected chi connectivity index (χ3v) is 13.4. The number of nitrogens with zero attached hydrogens (tertiary/aromatic N) is 1. The van der Waals surface area contributed by atoms with Gasteiger partial charge in [0, 0.05) is 39.2 Å². The third kappa shape index (κ3) is 4.88. The number of hydrogen-bond acceptors (Lipinski definition) is 2. The van der Waals surface area contributed by atoms with Gasteiger partial charge in [-0.2, -0.15) is 0 Å². The molecule has 0 spiro atoms. The molecular weight excluding hydrogens is 727 g/mol. The first-order valence-corrected chi connectivity index (χ1v) is 20.9. The molecule has 0 N–H and O–H groups in total. The largest absolute Gasteiger partial charge is 0.456 e. The maximum Gasteiger partial charge on any atom is 0.137 e. The van der Waals surface area contributed by atoms with Crippen LogP contribution >= 0.6 is 0 Å². The Morgan fingerprint density at radius 1 is 0.383 bits per heavy atom. The van der Waals surface area contributed by atoms with Gasteiger partial charge >= 0.3 is 0 Å². The molecule has 0 atom stereocenters. The molecule has 9 aromatic carbocycles. The van der Waals surface area contributed by atoms with Gasteiger partial charge in [0.25, 0.3) is 0 Å². The molecule has 2 heteroatoms. The van der Waals surface area contributed by atoms with Gasteiger partial charge in [-0.05, 0) is 104 Å². The van der Waals surface area contributed by atoms with E-state index in [4.69, 9.17) is 4.42 Å². The number of anilines is 3. The number of hydrogen-bond donors (Lipinski definition) is 0. The predicted octanol–water partition coefficient (Wildman–Crippen LogP) is 15.4. The first kappa shape index (κ1) is 34.6. The van der Waals surface area contributed by atoms with E-state index in [9.17, 15) is 0 Å². The van der Waals surface area contributed by atoms with Gasteiger partial charge in [0.2, 0.25) is 0 Å². The Kier molecular flexibility index (Phi) is 7.52. The highest BCUT2D eigenvalue weighted by molar-refractivity contribution is 6.07. The zero-order valence-corrected chi connectivity index (χ0v) is 33.6. The Bertz CT molecular complexity index is 3240. The van der Waals surface area contributed by atoms with Crippen LogP contribution in [0.5, 0.6) is 0 Å². The topological polar surface area (TPSA) is 16.4 Å². The molecule has 2 aliphatic carbocycles. The number of rotatable bonds is 6. The standard InChI is InChI=1S/C58H41NO/c1-57(2)49-23-12-11-22-47(49)56-52(57)26-15-27-53(56)59(42-31-28-39(29-32-42)38-16-5-3-6-17-38)43-33-34-46-48-36-41(30-35-54(48)60-55(46)37-43)58(40-18-7-4-8-19-40)50-24-13-9-20-44(50)45-21-10-14-25-51(45)58/h3-37H,1-2H3. The SMILES string of the molecule is CC1(C)c2ccccc2-c2c(N(c3ccc(-c4ccccc4)cc3)c3ccc4c(c3)oc3ccc(C5(c6ccccc6)c6ccccc6-c6ccccc65)cc34)cccc21. The van der Waals surface area contributed by atoms with E-state index in [0.29, 0.717) is 0 Å². The summed E-state index contributed by atoms with van der Waals surface area (Å²) < 4.78 is 6.84. The van der Waals surface area contributed by atoms with Crippen LogP contribution in [0, 0.1) is 0 Å². The summed E-state index contributed by atoms with van der Waals surface area (Å²) in [6.45, 7) is 4.69. The molecular formula is C58H41NO. The van der Waals surface area contributed by atoms with Crippen molar-refractivity contribution in [3.63, 3.8) is 0 Å². The molecule has 0 unspecified atom stereocenters. The van der Waals surface area contributed by atoms with Gasteiger partial charge in [-0.1, -0.05) is 178 Å². The number of benzene rings is 9. The van der Waals surface area contributed by atoms with Crippen molar-refractivity contribution in [1.82, 2.24) is 0 Å². The second-order valence-corrected chi connectivity index (χ2v) is 16.8. The lowest BCUT2D eigenvalue weighted by atomic mass is 9.67. The van der Waals surface area contributed by atoms with E-state index < -0.39 is 5.41 Å². The highest BCUT2D eigenvalue weighted by Gasteiger charge is 2.46. The van der Waals surface area contributed by atoms with Crippen LogP contribution in [0.1, 0.15) is 47.2 Å². The molecule has 1 aromatic heterocycles. The van der Waals surface area contributed by atoms with E-state index in [1.807, 2.05) is 0 Å². The van der Waals surface area contributed by atoms with Gasteiger partial charge < -0.3 is 9.32 Å². The third-order valence-electron chi connectivity index (χ3n) is 13.4. The van der Waals surface area contributed by atoms with Crippen molar-refractivity contribution in [2.24, 2.45) is 0 Å². The molecule has 10 aromatic rings. The van der Waals surface area contributed by atoms with Crippen molar-refractivity contribution < 1.29 is 4.42 Å². The van der Waals surface area contributed by atoms with Crippen molar-refractivity contribution in [3.8, 4) is 33.4 Å². The van der Waals surface area contributed by atoms with Crippen molar-refractivity contribution >= 4 is 39.0 Å². The van der Waals surface area contributed by atoms with E-state index in [2.05, 4.69) is 231 Å². The second-order valence-electron chi connectivity index (χ2n) is 16.8. The van der Waals surface area contributed by atoms with Crippen LogP contribution < -0.4 is 4.90 Å². The van der Waals surface area contributed by atoms with Crippen LogP contribution in [-0.4, -0.2) is 0 Å². The van der Waals surface area contributed by atoms with E-state index in [1.165, 1.54) is 66.8 Å². The number of furan rings is 1. The normalized spacial score (nSPS) is 14.1. The summed E-state index contributed by atoms with van der Waals surface area (Å²) in [4.78, 5) is 2.42. The highest BCUT2D eigenvalue weighted by Crippen LogP contribution is 2.57. The smallest absolute Gasteiger partial charge is 0.137 e. The highest BCUT2D eigenvalue weighted by atomic mass is 16.3. The maximum absolute atomic E-state index is 6.84. The van der Waals surface area contributed by atoms with Crippen LogP contribution in [-0.2, 0) is 10.8 Å². The van der Waals surface area contributed by atoms with Gasteiger partial charge in [-0.3, -0.25) is 0 Å². The molecule has 0 fully saturated rings. The van der Waals surface area contributed by atoms with E-state index in [0.717, 1.165) is 39.0 Å². The zero-order chi connectivity index (χ0) is 40.0. The maximum atomic E-state index is 6.84. The van der Waals surface area contributed by atoms with E-state index in [-0.39, 0.29) is 5.41 Å². The molecule has 0 bridgehead atoms. The number of fused-ring (bicyclic) bond motifs is 9. The lowest BCUT2D eigenvalue weighted by molar-refractivity contribution is 0.660. The predicted molar refractivity (Wildman–Crippen MR) is 249 cm³/mol.